The number of carboxylic acid groups (broad SMARTS) is 2. The van der Waals surface area contributed by atoms with Crippen LogP contribution in [0.25, 0.3) is 0 Å². The van der Waals surface area contributed by atoms with Gasteiger partial charge < -0.3 is 21.3 Å². The molecule has 1 aromatic carbocycles. The predicted octanol–water partition coefficient (Wildman–Crippen LogP) is 0.895. The van der Waals surface area contributed by atoms with Crippen LogP contribution in [0.3, 0.4) is 0 Å². The number of para-hydroxylation sites is 1. The Bertz CT molecular complexity index is 744. The Labute approximate surface area is 129 Å². The minimum atomic E-state index is -1.45. The molecule has 0 bridgehead atoms. The zero-order valence-electron chi connectivity index (χ0n) is 11.9. The van der Waals surface area contributed by atoms with Crippen molar-refractivity contribution < 1.29 is 24.7 Å². The van der Waals surface area contributed by atoms with E-state index < -0.39 is 28.4 Å². The molecular formula is C14H13N3O6. The van der Waals surface area contributed by atoms with Crippen LogP contribution in [0.2, 0.25) is 0 Å². The maximum Gasteiger partial charge on any atom is 0.336 e. The van der Waals surface area contributed by atoms with E-state index in [2.05, 4.69) is 5.32 Å². The molecule has 1 heterocycles. The van der Waals surface area contributed by atoms with Crippen molar-refractivity contribution in [2.45, 2.75) is 12.8 Å². The Kier molecular flexibility index (Phi) is 4.04. The summed E-state index contributed by atoms with van der Waals surface area (Å²) >= 11 is 0. The summed E-state index contributed by atoms with van der Waals surface area (Å²) < 4.78 is 0. The highest BCUT2D eigenvalue weighted by atomic mass is 16.6. The van der Waals surface area contributed by atoms with E-state index in [1.54, 1.807) is 0 Å². The molecule has 1 aliphatic rings. The lowest BCUT2D eigenvalue weighted by atomic mass is 9.80. The molecule has 0 amide bonds. The number of hydrogen-bond acceptors (Lipinski definition) is 6. The first-order valence-corrected chi connectivity index (χ1v) is 6.43. The zero-order chi connectivity index (χ0) is 17.3. The van der Waals surface area contributed by atoms with Gasteiger partial charge >= 0.3 is 11.9 Å². The fraction of sp³-hybridized carbons (Fsp3) is 0.143. The van der Waals surface area contributed by atoms with Gasteiger partial charge in [-0.2, -0.15) is 0 Å². The summed E-state index contributed by atoms with van der Waals surface area (Å²) in [4.78, 5) is 33.6. The lowest BCUT2D eigenvalue weighted by molar-refractivity contribution is -0.385. The van der Waals surface area contributed by atoms with Crippen LogP contribution >= 0.6 is 0 Å². The summed E-state index contributed by atoms with van der Waals surface area (Å²) in [5.74, 6) is -4.44. The van der Waals surface area contributed by atoms with Gasteiger partial charge in [0.05, 0.1) is 22.0 Å². The molecule has 2 rings (SSSR count). The molecule has 0 aliphatic carbocycles. The second-order valence-corrected chi connectivity index (χ2v) is 4.85. The predicted molar refractivity (Wildman–Crippen MR) is 78.2 cm³/mol. The molecule has 5 N–H and O–H groups in total. The number of nitrogens with one attached hydrogen (secondary N) is 1. The normalized spacial score (nSPS) is 17.7. The second-order valence-electron chi connectivity index (χ2n) is 4.85. The molecule has 0 saturated carbocycles. The third-order valence-corrected chi connectivity index (χ3v) is 3.50. The fourth-order valence-electron chi connectivity index (χ4n) is 2.58. The number of carboxylic acids is 2. The summed E-state index contributed by atoms with van der Waals surface area (Å²) in [6.45, 7) is 1.41. The van der Waals surface area contributed by atoms with Gasteiger partial charge in [0.15, 0.2) is 0 Å². The molecule has 120 valence electrons. The van der Waals surface area contributed by atoms with Gasteiger partial charge in [0.1, 0.15) is 5.82 Å². The van der Waals surface area contributed by atoms with Gasteiger partial charge in [-0.3, -0.25) is 10.1 Å². The number of nitrogens with two attached hydrogens (primary N) is 1. The van der Waals surface area contributed by atoms with Crippen molar-refractivity contribution in [2.75, 3.05) is 0 Å². The molecular weight excluding hydrogens is 306 g/mol. The van der Waals surface area contributed by atoms with Crippen LogP contribution in [0, 0.1) is 10.1 Å². The third-order valence-electron chi connectivity index (χ3n) is 3.50. The van der Waals surface area contributed by atoms with Crippen LogP contribution in [0.5, 0.6) is 0 Å². The van der Waals surface area contributed by atoms with Crippen molar-refractivity contribution in [1.29, 1.82) is 0 Å². The summed E-state index contributed by atoms with van der Waals surface area (Å²) in [7, 11) is 0. The van der Waals surface area contributed by atoms with E-state index >= 15 is 0 Å². The molecule has 1 aromatic rings. The fourth-order valence-corrected chi connectivity index (χ4v) is 2.58. The van der Waals surface area contributed by atoms with E-state index in [-0.39, 0.29) is 28.3 Å². The number of hydrogen-bond donors (Lipinski definition) is 4. The van der Waals surface area contributed by atoms with Gasteiger partial charge in [-0.25, -0.2) is 9.59 Å². The molecule has 1 aliphatic heterocycles. The van der Waals surface area contributed by atoms with Gasteiger partial charge in [0.2, 0.25) is 0 Å². The first-order valence-electron chi connectivity index (χ1n) is 6.43. The number of carbonyl (C=O) groups is 2. The third kappa shape index (κ3) is 2.71. The number of nitrogens with zero attached hydrogens (tertiary/aromatic N) is 1. The number of benzene rings is 1. The minimum Gasteiger partial charge on any atom is -0.478 e. The van der Waals surface area contributed by atoms with Crippen molar-refractivity contribution >= 4 is 17.6 Å². The zero-order valence-corrected chi connectivity index (χ0v) is 11.9. The summed E-state index contributed by atoms with van der Waals surface area (Å²) in [6.07, 6.45) is 0. The minimum absolute atomic E-state index is 0.0453. The Morgan fingerprint density at radius 1 is 1.22 bits per heavy atom. The van der Waals surface area contributed by atoms with Crippen molar-refractivity contribution in [1.82, 2.24) is 5.32 Å². The summed E-state index contributed by atoms with van der Waals surface area (Å²) in [5, 5.41) is 32.5. The van der Waals surface area contributed by atoms with Crippen LogP contribution in [0.4, 0.5) is 5.69 Å². The van der Waals surface area contributed by atoms with Gasteiger partial charge in [0, 0.05) is 17.3 Å². The standard InChI is InChI=1S/C14H13N3O6/c1-6-9(13(18)19)10(11(14(20)21)12(15)16-6)7-4-2-3-5-8(7)17(22)23/h2-5,10,16H,15H2,1H3,(H,18,19)(H,20,21). The molecule has 23 heavy (non-hydrogen) atoms. The second kappa shape index (κ2) is 5.79. The molecule has 1 atom stereocenters. The van der Waals surface area contributed by atoms with Gasteiger partial charge in [-0.1, -0.05) is 18.2 Å². The number of nitro groups is 1. The van der Waals surface area contributed by atoms with Gasteiger partial charge in [-0.05, 0) is 6.92 Å². The van der Waals surface area contributed by atoms with E-state index in [1.165, 1.54) is 31.2 Å². The molecule has 0 fully saturated rings. The van der Waals surface area contributed by atoms with E-state index in [0.29, 0.717) is 0 Å². The first-order chi connectivity index (χ1) is 10.8. The number of rotatable bonds is 4. The highest BCUT2D eigenvalue weighted by Gasteiger charge is 2.40. The number of aliphatic carboxylic acids is 2. The lowest BCUT2D eigenvalue weighted by Crippen LogP contribution is -2.35. The molecule has 9 nitrogen and oxygen atoms in total. The van der Waals surface area contributed by atoms with E-state index in [1.807, 2.05) is 0 Å². The Balaban J connectivity index is 2.81. The van der Waals surface area contributed by atoms with Gasteiger partial charge in [-0.15, -0.1) is 0 Å². The summed E-state index contributed by atoms with van der Waals surface area (Å²) in [6, 6.07) is 5.38. The SMILES string of the molecule is CC1=C(C(=O)O)C(c2ccccc2[N+](=O)[O-])C(C(=O)O)=C(N)N1. The van der Waals surface area contributed by atoms with Crippen LogP contribution in [0.15, 0.2) is 46.9 Å². The number of nitro benzene ring substituents is 1. The smallest absolute Gasteiger partial charge is 0.336 e. The molecule has 1 unspecified atom stereocenters. The van der Waals surface area contributed by atoms with Crippen molar-refractivity contribution in [3.63, 3.8) is 0 Å². The van der Waals surface area contributed by atoms with Crippen LogP contribution in [-0.2, 0) is 9.59 Å². The Hall–Kier alpha value is -3.36. The van der Waals surface area contributed by atoms with Crippen LogP contribution < -0.4 is 11.1 Å². The molecule has 0 aromatic heterocycles. The first kappa shape index (κ1) is 16.0. The largest absolute Gasteiger partial charge is 0.478 e. The Morgan fingerprint density at radius 3 is 2.30 bits per heavy atom. The van der Waals surface area contributed by atoms with E-state index in [0.717, 1.165) is 0 Å². The van der Waals surface area contributed by atoms with E-state index in [4.69, 9.17) is 5.73 Å². The van der Waals surface area contributed by atoms with Gasteiger partial charge in [0.25, 0.3) is 5.69 Å². The number of dihydropyridines is 1. The average molecular weight is 319 g/mol. The number of allylic oxidation sites excluding steroid dienone is 1. The lowest BCUT2D eigenvalue weighted by Gasteiger charge is -2.27. The van der Waals surface area contributed by atoms with Crippen molar-refractivity contribution in [3.8, 4) is 0 Å². The van der Waals surface area contributed by atoms with Crippen LogP contribution in [0.1, 0.15) is 18.4 Å². The van der Waals surface area contributed by atoms with Crippen molar-refractivity contribution in [3.05, 3.63) is 62.6 Å². The Morgan fingerprint density at radius 2 is 1.78 bits per heavy atom. The van der Waals surface area contributed by atoms with Crippen LogP contribution in [-0.4, -0.2) is 27.1 Å². The molecule has 0 radical (unpaired) electrons. The monoisotopic (exact) mass is 319 g/mol. The maximum atomic E-state index is 11.6. The highest BCUT2D eigenvalue weighted by Crippen LogP contribution is 2.40. The quantitative estimate of drug-likeness (QED) is 0.471. The molecule has 0 saturated heterocycles. The molecule has 9 heteroatoms. The maximum absolute atomic E-state index is 11.6. The molecule has 0 spiro atoms. The topological polar surface area (TPSA) is 156 Å². The average Bonchev–Trinajstić information content (AvgIpc) is 2.45. The van der Waals surface area contributed by atoms with E-state index in [9.17, 15) is 29.9 Å². The highest BCUT2D eigenvalue weighted by molar-refractivity contribution is 5.98. The van der Waals surface area contributed by atoms with Crippen molar-refractivity contribution in [2.24, 2.45) is 5.73 Å². The summed E-state index contributed by atoms with van der Waals surface area (Å²) in [5.41, 5.74) is 4.64.